The molecule has 0 aliphatic rings. The highest BCUT2D eigenvalue weighted by Crippen LogP contribution is 2.14. The van der Waals surface area contributed by atoms with E-state index in [2.05, 4.69) is 5.32 Å². The molecule has 5 nitrogen and oxygen atoms in total. The summed E-state index contributed by atoms with van der Waals surface area (Å²) in [5, 5.41) is 30.0. The van der Waals surface area contributed by atoms with Crippen molar-refractivity contribution in [3.05, 3.63) is 29.3 Å². The first-order valence-corrected chi connectivity index (χ1v) is 5.06. The van der Waals surface area contributed by atoms with Gasteiger partial charge in [0.2, 0.25) is 0 Å². The van der Waals surface area contributed by atoms with Gasteiger partial charge in [-0.1, -0.05) is 0 Å². The topological polar surface area (TPSA) is 89.1 Å². The molecule has 0 spiro atoms. The van der Waals surface area contributed by atoms with Crippen LogP contribution in [-0.4, -0.2) is 31.5 Å². The molecule has 1 atom stereocenters. The second-order valence-corrected chi connectivity index (χ2v) is 3.47. The minimum absolute atomic E-state index is 0.244. The van der Waals surface area contributed by atoms with Crippen LogP contribution in [0, 0.1) is 22.7 Å². The summed E-state index contributed by atoms with van der Waals surface area (Å²) >= 11 is 0. The standard InChI is InChI=1S/C12H13N3O2/c1-17-8-12(16)7-15-11-3-2-9(5-13)10(4-11)6-14/h2-4,12,15-16H,7-8H2,1H3. The maximum absolute atomic E-state index is 9.43. The number of nitrogens with zero attached hydrogens (tertiary/aromatic N) is 2. The van der Waals surface area contributed by atoms with Crippen molar-refractivity contribution in [2.24, 2.45) is 0 Å². The lowest BCUT2D eigenvalue weighted by Crippen LogP contribution is -2.24. The molecular weight excluding hydrogens is 218 g/mol. The van der Waals surface area contributed by atoms with E-state index in [1.165, 1.54) is 7.11 Å². The summed E-state index contributed by atoms with van der Waals surface area (Å²) in [5.74, 6) is 0. The summed E-state index contributed by atoms with van der Waals surface area (Å²) in [7, 11) is 1.51. The normalized spacial score (nSPS) is 11.3. The van der Waals surface area contributed by atoms with Crippen molar-refractivity contribution in [2.45, 2.75) is 6.10 Å². The largest absolute Gasteiger partial charge is 0.389 e. The lowest BCUT2D eigenvalue weighted by molar-refractivity contribution is 0.0727. The van der Waals surface area contributed by atoms with Crippen LogP contribution in [0.5, 0.6) is 0 Å². The van der Waals surface area contributed by atoms with Crippen LogP contribution in [0.1, 0.15) is 11.1 Å². The third-order valence-electron chi connectivity index (χ3n) is 2.16. The first-order chi connectivity index (χ1) is 8.21. The van der Waals surface area contributed by atoms with Gasteiger partial charge in [0, 0.05) is 19.3 Å². The third-order valence-corrected chi connectivity index (χ3v) is 2.16. The Labute approximate surface area is 99.9 Å². The van der Waals surface area contributed by atoms with E-state index in [9.17, 15) is 5.11 Å². The molecule has 0 saturated heterocycles. The molecule has 0 aromatic heterocycles. The minimum Gasteiger partial charge on any atom is -0.389 e. The van der Waals surface area contributed by atoms with Gasteiger partial charge in [0.25, 0.3) is 0 Å². The summed E-state index contributed by atoms with van der Waals surface area (Å²) in [6, 6.07) is 8.74. The Morgan fingerprint density at radius 1 is 1.35 bits per heavy atom. The number of aliphatic hydroxyl groups excluding tert-OH is 1. The lowest BCUT2D eigenvalue weighted by atomic mass is 10.1. The number of nitriles is 2. The maximum atomic E-state index is 9.43. The number of anilines is 1. The highest BCUT2D eigenvalue weighted by atomic mass is 16.5. The molecule has 1 aromatic carbocycles. The number of rotatable bonds is 5. The molecule has 0 aliphatic carbocycles. The third kappa shape index (κ3) is 3.76. The highest BCUT2D eigenvalue weighted by molar-refractivity contribution is 5.56. The number of methoxy groups -OCH3 is 1. The van der Waals surface area contributed by atoms with E-state index in [0.717, 1.165) is 0 Å². The maximum Gasteiger partial charge on any atom is 0.101 e. The van der Waals surface area contributed by atoms with Crippen molar-refractivity contribution in [1.82, 2.24) is 0 Å². The smallest absolute Gasteiger partial charge is 0.101 e. The molecule has 0 bridgehead atoms. The lowest BCUT2D eigenvalue weighted by Gasteiger charge is -2.12. The van der Waals surface area contributed by atoms with Gasteiger partial charge in [0.15, 0.2) is 0 Å². The Balaban J connectivity index is 2.68. The molecule has 17 heavy (non-hydrogen) atoms. The molecule has 1 unspecified atom stereocenters. The van der Waals surface area contributed by atoms with Crippen molar-refractivity contribution in [2.75, 3.05) is 25.6 Å². The van der Waals surface area contributed by atoms with Crippen molar-refractivity contribution in [3.8, 4) is 12.1 Å². The first-order valence-electron chi connectivity index (χ1n) is 5.06. The van der Waals surface area contributed by atoms with E-state index in [1.54, 1.807) is 18.2 Å². The Morgan fingerprint density at radius 3 is 2.65 bits per heavy atom. The van der Waals surface area contributed by atoms with Crippen molar-refractivity contribution >= 4 is 5.69 Å². The van der Waals surface area contributed by atoms with Gasteiger partial charge in [0.1, 0.15) is 12.1 Å². The van der Waals surface area contributed by atoms with E-state index in [0.29, 0.717) is 23.4 Å². The van der Waals surface area contributed by atoms with Crippen LogP contribution in [0.15, 0.2) is 18.2 Å². The molecule has 5 heteroatoms. The predicted octanol–water partition coefficient (Wildman–Crippen LogP) is 0.849. The average molecular weight is 231 g/mol. The molecule has 2 N–H and O–H groups in total. The molecule has 1 rings (SSSR count). The Bertz CT molecular complexity index is 460. The highest BCUT2D eigenvalue weighted by Gasteiger charge is 2.05. The van der Waals surface area contributed by atoms with E-state index < -0.39 is 6.10 Å². The zero-order valence-electron chi connectivity index (χ0n) is 9.47. The number of nitrogens with one attached hydrogen (secondary N) is 1. The van der Waals surface area contributed by atoms with Crippen molar-refractivity contribution in [1.29, 1.82) is 10.5 Å². The second-order valence-electron chi connectivity index (χ2n) is 3.47. The summed E-state index contributed by atoms with van der Waals surface area (Å²) in [6.07, 6.45) is -0.610. The quantitative estimate of drug-likeness (QED) is 0.784. The Morgan fingerprint density at radius 2 is 2.06 bits per heavy atom. The van der Waals surface area contributed by atoms with Gasteiger partial charge in [-0.05, 0) is 18.2 Å². The van der Waals surface area contributed by atoms with Gasteiger partial charge in [-0.25, -0.2) is 0 Å². The van der Waals surface area contributed by atoms with Crippen LogP contribution in [0.4, 0.5) is 5.69 Å². The van der Waals surface area contributed by atoms with Gasteiger partial charge in [-0.3, -0.25) is 0 Å². The fourth-order valence-corrected chi connectivity index (χ4v) is 1.33. The summed E-state index contributed by atoms with van der Waals surface area (Å²) in [6.45, 7) is 0.568. The Hall–Kier alpha value is -2.08. The number of ether oxygens (including phenoxy) is 1. The van der Waals surface area contributed by atoms with Crippen LogP contribution in [0.3, 0.4) is 0 Å². The molecule has 0 saturated carbocycles. The van der Waals surface area contributed by atoms with Crippen molar-refractivity contribution < 1.29 is 9.84 Å². The molecule has 88 valence electrons. The van der Waals surface area contributed by atoms with E-state index >= 15 is 0 Å². The van der Waals surface area contributed by atoms with E-state index in [1.807, 2.05) is 12.1 Å². The molecule has 0 radical (unpaired) electrons. The molecule has 1 aromatic rings. The van der Waals surface area contributed by atoms with Gasteiger partial charge >= 0.3 is 0 Å². The van der Waals surface area contributed by atoms with E-state index in [4.69, 9.17) is 15.3 Å². The van der Waals surface area contributed by atoms with Crippen LogP contribution in [-0.2, 0) is 4.74 Å². The number of hydrogen-bond donors (Lipinski definition) is 2. The van der Waals surface area contributed by atoms with E-state index in [-0.39, 0.29) is 6.61 Å². The predicted molar refractivity (Wildman–Crippen MR) is 62.2 cm³/mol. The SMILES string of the molecule is COCC(O)CNc1ccc(C#N)c(C#N)c1. The summed E-state index contributed by atoms with van der Waals surface area (Å²) < 4.78 is 4.79. The monoisotopic (exact) mass is 231 g/mol. The fraction of sp³-hybridized carbons (Fsp3) is 0.333. The van der Waals surface area contributed by atoms with Crippen LogP contribution >= 0.6 is 0 Å². The number of aliphatic hydroxyl groups is 1. The zero-order valence-corrected chi connectivity index (χ0v) is 9.47. The molecule has 0 aliphatic heterocycles. The van der Waals surface area contributed by atoms with Gasteiger partial charge < -0.3 is 15.2 Å². The van der Waals surface area contributed by atoms with Crippen LogP contribution in [0.2, 0.25) is 0 Å². The summed E-state index contributed by atoms with van der Waals surface area (Å²) in [5.41, 5.74) is 1.35. The number of hydrogen-bond acceptors (Lipinski definition) is 5. The molecule has 0 amide bonds. The van der Waals surface area contributed by atoms with Crippen LogP contribution < -0.4 is 5.32 Å². The fourth-order valence-electron chi connectivity index (χ4n) is 1.33. The molecule has 0 fully saturated rings. The van der Waals surface area contributed by atoms with Gasteiger partial charge in [0.05, 0.1) is 23.8 Å². The zero-order chi connectivity index (χ0) is 12.7. The minimum atomic E-state index is -0.610. The number of benzene rings is 1. The summed E-state index contributed by atoms with van der Waals surface area (Å²) in [4.78, 5) is 0. The van der Waals surface area contributed by atoms with Crippen LogP contribution in [0.25, 0.3) is 0 Å². The Kier molecular flexibility index (Phi) is 4.96. The second kappa shape index (κ2) is 6.49. The first kappa shape index (κ1) is 13.0. The van der Waals surface area contributed by atoms with Gasteiger partial charge in [-0.2, -0.15) is 10.5 Å². The van der Waals surface area contributed by atoms with Crippen molar-refractivity contribution in [3.63, 3.8) is 0 Å². The molecule has 0 heterocycles. The van der Waals surface area contributed by atoms with Gasteiger partial charge in [-0.15, -0.1) is 0 Å². The molecular formula is C12H13N3O2. The average Bonchev–Trinajstić information content (AvgIpc) is 2.36.